The Balaban J connectivity index is 1.40. The van der Waals surface area contributed by atoms with Crippen LogP contribution in [0.25, 0.3) is 0 Å². The van der Waals surface area contributed by atoms with Gasteiger partial charge in [0.2, 0.25) is 0 Å². The third-order valence-corrected chi connectivity index (χ3v) is 9.01. The third kappa shape index (κ3) is 5.99. The fourth-order valence-corrected chi connectivity index (χ4v) is 6.24. The highest BCUT2D eigenvalue weighted by Crippen LogP contribution is 2.37. The number of amides is 2. The van der Waals surface area contributed by atoms with Crippen LogP contribution in [0.4, 0.5) is 9.18 Å². The number of nitrogens with zero attached hydrogens (tertiary/aromatic N) is 5. The van der Waals surface area contributed by atoms with Gasteiger partial charge in [0.1, 0.15) is 11.9 Å². The third-order valence-electron chi connectivity index (χ3n) is 7.90. The summed E-state index contributed by atoms with van der Waals surface area (Å²) in [6.45, 7) is 6.09. The minimum Gasteiger partial charge on any atom is -0.481 e. The average Bonchev–Trinajstić information content (AvgIpc) is 3.59. The Bertz CT molecular complexity index is 1450. The SMILES string of the molecule is COC(=O)C1=C(CN2CCN3C(=O)N(CCC(C)(C)C(=O)O)C[C@@H]3C2)NC(c2nccs2)=N[C@H]1c1ccc(F)cc1Cl. The molecule has 0 radical (unpaired) electrons. The molecule has 1 aromatic carbocycles. The first-order valence-corrected chi connectivity index (χ1v) is 14.8. The van der Waals surface area contributed by atoms with Crippen molar-refractivity contribution >= 4 is 46.7 Å². The standard InChI is InChI=1S/C28H32ClFN6O5S/c1-28(2,26(38)39)6-8-35-14-17-13-34(9-10-36(17)27(35)40)15-20-21(25(37)41-3)22(18-5-4-16(30)12-19(18)29)33-23(32-20)24-31-7-11-42-24/h4-5,7,11-12,17,22H,6,8-10,13-15H2,1-3H3,(H,32,33)(H,38,39)/t17-,22-/m0/s1. The molecule has 4 heterocycles. The Morgan fingerprint density at radius 3 is 2.74 bits per heavy atom. The molecule has 0 unspecified atom stereocenters. The molecule has 2 N–H and O–H groups in total. The van der Waals surface area contributed by atoms with Crippen LogP contribution in [0.15, 0.2) is 46.0 Å². The average molecular weight is 619 g/mol. The molecular formula is C28H32ClFN6O5S. The number of benzene rings is 1. The lowest BCUT2D eigenvalue weighted by molar-refractivity contribution is -0.147. The summed E-state index contributed by atoms with van der Waals surface area (Å²) in [5.74, 6) is -1.53. The van der Waals surface area contributed by atoms with Crippen molar-refractivity contribution in [3.8, 4) is 0 Å². The van der Waals surface area contributed by atoms with Crippen molar-refractivity contribution in [1.82, 2.24) is 25.0 Å². The number of hydrogen-bond donors (Lipinski definition) is 2. The van der Waals surface area contributed by atoms with Crippen molar-refractivity contribution in [3.05, 3.63) is 62.5 Å². The van der Waals surface area contributed by atoms with Gasteiger partial charge in [0.15, 0.2) is 10.8 Å². The number of thiazole rings is 1. The predicted octanol–water partition coefficient (Wildman–Crippen LogP) is 3.38. The van der Waals surface area contributed by atoms with Gasteiger partial charge in [-0.2, -0.15) is 0 Å². The van der Waals surface area contributed by atoms with Gasteiger partial charge >= 0.3 is 18.0 Å². The van der Waals surface area contributed by atoms with E-state index in [0.29, 0.717) is 67.8 Å². The van der Waals surface area contributed by atoms with Crippen molar-refractivity contribution in [3.63, 3.8) is 0 Å². The van der Waals surface area contributed by atoms with E-state index in [-0.39, 0.29) is 22.7 Å². The number of aromatic nitrogens is 1. The fraction of sp³-hybridized carbons (Fsp3) is 0.464. The number of methoxy groups -OCH3 is 1. The van der Waals surface area contributed by atoms with Crippen LogP contribution in [-0.4, -0.2) is 101 Å². The molecule has 2 atom stereocenters. The summed E-state index contributed by atoms with van der Waals surface area (Å²) >= 11 is 7.83. The highest BCUT2D eigenvalue weighted by atomic mass is 35.5. The fourth-order valence-electron chi connectivity index (χ4n) is 5.39. The number of esters is 1. The summed E-state index contributed by atoms with van der Waals surface area (Å²) in [5, 5.41) is 15.3. The van der Waals surface area contributed by atoms with Crippen LogP contribution in [-0.2, 0) is 14.3 Å². The molecule has 0 saturated carbocycles. The number of carbonyl (C=O) groups is 3. The molecule has 0 bridgehead atoms. The van der Waals surface area contributed by atoms with Gasteiger partial charge in [-0.3, -0.25) is 14.7 Å². The zero-order valence-electron chi connectivity index (χ0n) is 23.5. The number of carbonyl (C=O) groups excluding carboxylic acids is 2. The first-order chi connectivity index (χ1) is 20.0. The smallest absolute Gasteiger partial charge is 0.338 e. The van der Waals surface area contributed by atoms with Gasteiger partial charge in [0, 0.05) is 67.1 Å². The van der Waals surface area contributed by atoms with E-state index in [1.165, 1.54) is 36.6 Å². The zero-order chi connectivity index (χ0) is 30.2. The molecule has 2 amide bonds. The highest BCUT2D eigenvalue weighted by molar-refractivity contribution is 7.11. The van der Waals surface area contributed by atoms with Crippen molar-refractivity contribution in [2.24, 2.45) is 10.4 Å². The molecule has 2 aromatic rings. The number of hydrogen-bond acceptors (Lipinski definition) is 9. The molecule has 0 aliphatic carbocycles. The number of fused-ring (bicyclic) bond motifs is 1. The van der Waals surface area contributed by atoms with Crippen LogP contribution in [0, 0.1) is 11.2 Å². The lowest BCUT2D eigenvalue weighted by Gasteiger charge is -2.38. The minimum atomic E-state index is -0.931. The Morgan fingerprint density at radius 1 is 1.29 bits per heavy atom. The number of halogens is 2. The van der Waals surface area contributed by atoms with E-state index in [1.54, 1.807) is 24.9 Å². The number of carboxylic acids is 1. The van der Waals surface area contributed by atoms with Crippen molar-refractivity contribution in [2.45, 2.75) is 32.4 Å². The van der Waals surface area contributed by atoms with Gasteiger partial charge in [-0.15, -0.1) is 11.3 Å². The second-order valence-corrected chi connectivity index (χ2v) is 12.4. The van der Waals surface area contributed by atoms with E-state index >= 15 is 0 Å². The Hall–Kier alpha value is -3.55. The maximum atomic E-state index is 13.9. The van der Waals surface area contributed by atoms with Crippen LogP contribution in [0.5, 0.6) is 0 Å². The lowest BCUT2D eigenvalue weighted by Crippen LogP contribution is -2.53. The molecular weight excluding hydrogens is 587 g/mol. The molecule has 3 aliphatic rings. The minimum absolute atomic E-state index is 0.0839. The highest BCUT2D eigenvalue weighted by Gasteiger charge is 2.42. The summed E-state index contributed by atoms with van der Waals surface area (Å²) in [6.07, 6.45) is 2.01. The quantitative estimate of drug-likeness (QED) is 0.410. The van der Waals surface area contributed by atoms with E-state index in [2.05, 4.69) is 15.2 Å². The largest absolute Gasteiger partial charge is 0.481 e. The number of carboxylic acid groups (broad SMARTS) is 1. The molecule has 1 aromatic heterocycles. The number of rotatable bonds is 9. The van der Waals surface area contributed by atoms with E-state index in [9.17, 15) is 23.9 Å². The summed E-state index contributed by atoms with van der Waals surface area (Å²) in [5.41, 5.74) is 0.344. The van der Waals surface area contributed by atoms with Gasteiger partial charge in [-0.25, -0.2) is 19.0 Å². The Labute approximate surface area is 251 Å². The zero-order valence-corrected chi connectivity index (χ0v) is 25.0. The summed E-state index contributed by atoms with van der Waals surface area (Å²) in [4.78, 5) is 52.7. The van der Waals surface area contributed by atoms with Crippen LogP contribution >= 0.6 is 22.9 Å². The van der Waals surface area contributed by atoms with Crippen molar-refractivity contribution < 1.29 is 28.6 Å². The second-order valence-electron chi connectivity index (χ2n) is 11.1. The van der Waals surface area contributed by atoms with E-state index < -0.39 is 29.2 Å². The van der Waals surface area contributed by atoms with Gasteiger partial charge in [0.05, 0.1) is 24.1 Å². The number of aliphatic carboxylic acids is 1. The van der Waals surface area contributed by atoms with Gasteiger partial charge < -0.3 is 25.0 Å². The summed E-state index contributed by atoms with van der Waals surface area (Å²) in [7, 11) is 1.29. The Kier molecular flexibility index (Phi) is 8.53. The van der Waals surface area contributed by atoms with Crippen molar-refractivity contribution in [2.75, 3.05) is 46.4 Å². The first kappa shape index (κ1) is 29.9. The number of aliphatic imine (C=N–C) groups is 1. The number of piperazine rings is 1. The molecule has 11 nitrogen and oxygen atoms in total. The molecule has 224 valence electrons. The molecule has 2 saturated heterocycles. The number of amidine groups is 1. The van der Waals surface area contributed by atoms with E-state index in [1.807, 2.05) is 10.3 Å². The summed E-state index contributed by atoms with van der Waals surface area (Å²) < 4.78 is 19.1. The monoisotopic (exact) mass is 618 g/mol. The van der Waals surface area contributed by atoms with Crippen LogP contribution < -0.4 is 5.32 Å². The summed E-state index contributed by atoms with van der Waals surface area (Å²) in [6, 6.07) is 2.94. The van der Waals surface area contributed by atoms with E-state index in [0.717, 1.165) is 0 Å². The van der Waals surface area contributed by atoms with Crippen LogP contribution in [0.1, 0.15) is 36.9 Å². The number of ether oxygens (including phenoxy) is 1. The van der Waals surface area contributed by atoms with Gasteiger partial charge in [-0.05, 0) is 32.4 Å². The molecule has 14 heteroatoms. The van der Waals surface area contributed by atoms with Crippen LogP contribution in [0.3, 0.4) is 0 Å². The maximum Gasteiger partial charge on any atom is 0.338 e. The normalized spacial score (nSPS) is 21.3. The van der Waals surface area contributed by atoms with Gasteiger partial charge in [0.25, 0.3) is 0 Å². The van der Waals surface area contributed by atoms with Crippen molar-refractivity contribution in [1.29, 1.82) is 0 Å². The number of urea groups is 1. The molecule has 3 aliphatic heterocycles. The van der Waals surface area contributed by atoms with Crippen LogP contribution in [0.2, 0.25) is 5.02 Å². The van der Waals surface area contributed by atoms with E-state index in [4.69, 9.17) is 21.3 Å². The maximum absolute atomic E-state index is 13.9. The predicted molar refractivity (Wildman–Crippen MR) is 155 cm³/mol. The lowest BCUT2D eigenvalue weighted by atomic mass is 9.89. The number of nitrogens with one attached hydrogen (secondary N) is 1. The van der Waals surface area contributed by atoms with Gasteiger partial charge in [-0.1, -0.05) is 17.7 Å². The second kappa shape index (κ2) is 12.0. The molecule has 5 rings (SSSR count). The molecule has 0 spiro atoms. The molecule has 42 heavy (non-hydrogen) atoms. The molecule has 2 fully saturated rings. The first-order valence-electron chi connectivity index (χ1n) is 13.5. The Morgan fingerprint density at radius 2 is 2.07 bits per heavy atom. The topological polar surface area (TPSA) is 128 Å².